The van der Waals surface area contributed by atoms with Crippen LogP contribution in [-0.4, -0.2) is 53.3 Å². The first-order valence-corrected chi connectivity index (χ1v) is 15.0. The summed E-state index contributed by atoms with van der Waals surface area (Å²) in [7, 11) is -13.7. The van der Waals surface area contributed by atoms with E-state index in [9.17, 15) is 37.8 Å². The molecule has 3 aliphatic rings. The van der Waals surface area contributed by atoms with Crippen LogP contribution < -0.4 is 0 Å². The molecule has 0 atom stereocenters. The summed E-state index contributed by atoms with van der Waals surface area (Å²) in [6.07, 6.45) is 9.15. The first-order chi connectivity index (χ1) is 14.6. The minimum absolute atomic E-state index is 0. The van der Waals surface area contributed by atoms with Crippen molar-refractivity contribution in [2.45, 2.75) is 57.8 Å². The van der Waals surface area contributed by atoms with E-state index in [0.29, 0.717) is 39.3 Å². The quantitative estimate of drug-likeness (QED) is 0.180. The summed E-state index contributed by atoms with van der Waals surface area (Å²) in [6.45, 7) is 3.76. The third kappa shape index (κ3) is 20.8. The van der Waals surface area contributed by atoms with E-state index in [0.717, 1.165) is 57.8 Å². The molecule has 3 nitrogen and oxygen atoms in total. The van der Waals surface area contributed by atoms with Gasteiger partial charge >= 0.3 is 34.9 Å². The maximum atomic E-state index is 11.9. The topological polar surface area (TPSA) is 9.72 Å². The van der Waals surface area contributed by atoms with Crippen molar-refractivity contribution in [1.29, 1.82) is 0 Å². The summed E-state index contributed by atoms with van der Waals surface area (Å²) < 4.78 is 105. The van der Waals surface area contributed by atoms with Crippen LogP contribution in [0.3, 0.4) is 0 Å². The molecule has 3 aliphatic heterocycles. The Kier molecular flexibility index (Phi) is 25.5. The molecule has 3 rings (SSSR count). The van der Waals surface area contributed by atoms with Gasteiger partial charge in [-0.05, 0) is 63.7 Å². The van der Waals surface area contributed by atoms with Crippen LogP contribution in [0.2, 0.25) is 0 Å². The Morgan fingerprint density at radius 3 is 0.594 bits per heavy atom. The van der Waals surface area contributed by atoms with Crippen LogP contribution in [0.15, 0.2) is 0 Å². The van der Waals surface area contributed by atoms with E-state index in [1.54, 1.807) is 0 Å². The second kappa shape index (κ2) is 22.9. The minimum atomic E-state index is -4.38. The summed E-state index contributed by atoms with van der Waals surface area (Å²) in [6, 6.07) is 0. The van der Waals surface area contributed by atoms with Crippen LogP contribution in [0, 0.1) is 0 Å². The van der Waals surface area contributed by atoms with Crippen molar-refractivity contribution in [3.05, 3.63) is 0 Å². The second-order valence-corrected chi connectivity index (χ2v) is 10.8. The number of hydrogen-bond donors (Lipinski definition) is 0. The summed E-state index contributed by atoms with van der Waals surface area (Å²) in [4.78, 5) is 0. The van der Waals surface area contributed by atoms with Gasteiger partial charge in [-0.2, -0.15) is 0 Å². The van der Waals surface area contributed by atoms with Crippen LogP contribution in [-0.2, 0) is 16.5 Å². The number of hydrogen-bond acceptors (Lipinski definition) is 3. The molecule has 0 N–H and O–H groups in total. The fraction of sp³-hybridized carbons (Fsp3) is 1.00. The van der Waals surface area contributed by atoms with Crippen LogP contribution in [0.5, 0.6) is 0 Å². The molecule has 32 heavy (non-hydrogen) atoms. The average molecular weight is 610 g/mol. The van der Waals surface area contributed by atoms with E-state index >= 15 is 0 Å². The monoisotopic (exact) mass is 609 g/mol. The predicted octanol–water partition coefficient (Wildman–Crippen LogP) is 8.96. The Balaban J connectivity index is 0. The normalized spacial score (nSPS) is 20.5. The third-order valence-corrected chi connectivity index (χ3v) is 7.56. The largest absolute Gasteiger partial charge is 0.558 e. The third-order valence-electron chi connectivity index (χ3n) is 4.79. The molecule has 0 aliphatic carbocycles. The SMILES string of the molecule is F[PH+](F)F.F[PH+](F)N1CCCCC1.F[PH+](F)N1CCCCC1.F[PH+](F)N1CCCCC1.[Ni]. The molecule has 17 heteroatoms. The van der Waals surface area contributed by atoms with Gasteiger partial charge in [0.25, 0.3) is 0 Å². The Labute approximate surface area is 200 Å². The second-order valence-electron chi connectivity index (χ2n) is 7.08. The molecular weight excluding hydrogens is 576 g/mol. The standard InChI is InChI=1S/3C5H10F2NP.F3HP.Ni/c3*6-9(7)8-4-2-1-3-5-8;1-4(2)3;/h3*1-5H2;4H;/q;;;+1;/p+3. The molecule has 0 unspecified atom stereocenters. The van der Waals surface area contributed by atoms with Gasteiger partial charge in [0, 0.05) is 68.4 Å². The van der Waals surface area contributed by atoms with Crippen LogP contribution in [0.1, 0.15) is 57.8 Å². The van der Waals surface area contributed by atoms with Crippen LogP contribution in [0.4, 0.5) is 37.8 Å². The molecule has 3 heterocycles. The molecular formula is C15H34F9N3NiP4+4. The molecule has 0 radical (unpaired) electrons. The zero-order valence-corrected chi connectivity index (χ0v) is 22.7. The molecule has 0 aromatic rings. The van der Waals surface area contributed by atoms with E-state index in [-0.39, 0.29) is 16.5 Å². The van der Waals surface area contributed by atoms with Gasteiger partial charge in [0.15, 0.2) is 0 Å². The van der Waals surface area contributed by atoms with Gasteiger partial charge in [0.2, 0.25) is 0 Å². The minimum Gasteiger partial charge on any atom is -0.122 e. The number of piperidine rings is 3. The van der Waals surface area contributed by atoms with Crippen molar-refractivity contribution in [2.75, 3.05) is 39.3 Å². The maximum Gasteiger partial charge on any atom is 0.558 e. The fourth-order valence-corrected chi connectivity index (χ4v) is 5.15. The van der Waals surface area contributed by atoms with E-state index in [1.165, 1.54) is 14.0 Å². The van der Waals surface area contributed by atoms with Crippen LogP contribution >= 0.6 is 34.9 Å². The fourth-order valence-electron chi connectivity index (χ4n) is 3.19. The van der Waals surface area contributed by atoms with Crippen molar-refractivity contribution in [1.82, 2.24) is 14.0 Å². The van der Waals surface area contributed by atoms with Crippen molar-refractivity contribution in [2.24, 2.45) is 0 Å². The summed E-state index contributed by atoms with van der Waals surface area (Å²) in [5, 5.41) is 0. The summed E-state index contributed by atoms with van der Waals surface area (Å²) in [5.41, 5.74) is 0. The van der Waals surface area contributed by atoms with Gasteiger partial charge in [0.1, 0.15) is 0 Å². The Bertz CT molecular complexity index is 351. The van der Waals surface area contributed by atoms with Gasteiger partial charge in [-0.25, -0.2) is 0 Å². The molecule has 0 aromatic carbocycles. The summed E-state index contributed by atoms with van der Waals surface area (Å²) in [5.74, 6) is 0. The molecule has 0 bridgehead atoms. The van der Waals surface area contributed by atoms with Crippen molar-refractivity contribution >= 4 is 34.9 Å². The number of rotatable bonds is 3. The van der Waals surface area contributed by atoms with E-state index in [2.05, 4.69) is 0 Å². The molecule has 0 amide bonds. The van der Waals surface area contributed by atoms with E-state index < -0.39 is 34.9 Å². The van der Waals surface area contributed by atoms with Crippen LogP contribution in [0.25, 0.3) is 0 Å². The zero-order chi connectivity index (χ0) is 23.6. The van der Waals surface area contributed by atoms with Gasteiger partial charge in [-0.1, -0.05) is 19.3 Å². The maximum absolute atomic E-state index is 11.9. The molecule has 0 saturated carbocycles. The van der Waals surface area contributed by atoms with E-state index in [4.69, 9.17) is 0 Å². The van der Waals surface area contributed by atoms with E-state index in [1.807, 2.05) is 0 Å². The molecule has 3 saturated heterocycles. The van der Waals surface area contributed by atoms with Gasteiger partial charge < -0.3 is 0 Å². The van der Waals surface area contributed by atoms with Gasteiger partial charge in [-0.3, -0.25) is 0 Å². The predicted molar refractivity (Wildman–Crippen MR) is 120 cm³/mol. The average Bonchev–Trinajstić information content (AvgIpc) is 2.76. The molecule has 0 aromatic heterocycles. The Hall–Kier alpha value is 1.46. The molecule has 198 valence electrons. The molecule has 3 fully saturated rings. The van der Waals surface area contributed by atoms with Gasteiger partial charge in [-0.15, -0.1) is 14.0 Å². The number of halogens is 9. The first-order valence-electron chi connectivity index (χ1n) is 10.3. The summed E-state index contributed by atoms with van der Waals surface area (Å²) >= 11 is 0. The molecule has 0 spiro atoms. The van der Waals surface area contributed by atoms with Crippen molar-refractivity contribution in [3.63, 3.8) is 0 Å². The Morgan fingerprint density at radius 1 is 0.344 bits per heavy atom. The first kappa shape index (κ1) is 35.6. The zero-order valence-electron chi connectivity index (χ0n) is 17.7. The van der Waals surface area contributed by atoms with Gasteiger partial charge in [0.05, 0.1) is 0 Å². The number of nitrogens with zero attached hydrogens (tertiary/aromatic N) is 3. The van der Waals surface area contributed by atoms with Crippen molar-refractivity contribution in [3.8, 4) is 0 Å². The Morgan fingerprint density at radius 2 is 0.500 bits per heavy atom. The van der Waals surface area contributed by atoms with Crippen molar-refractivity contribution < 1.29 is 54.3 Å². The smallest absolute Gasteiger partial charge is 0.122 e.